The van der Waals surface area contributed by atoms with Crippen LogP contribution in [0.3, 0.4) is 0 Å². The number of amides is 3. The number of nitrogens with zero attached hydrogens (tertiary/aromatic N) is 5. The number of hydrogen-bond donors (Lipinski definition) is 3. The van der Waals surface area contributed by atoms with E-state index >= 15 is 0 Å². The summed E-state index contributed by atoms with van der Waals surface area (Å²) in [7, 11) is 0. The molecule has 0 radical (unpaired) electrons. The van der Waals surface area contributed by atoms with Gasteiger partial charge in [-0.15, -0.1) is 5.10 Å². The second-order valence-electron chi connectivity index (χ2n) is 7.73. The molecule has 34 heavy (non-hydrogen) atoms. The molecule has 184 valence electrons. The van der Waals surface area contributed by atoms with Crippen molar-refractivity contribution in [2.45, 2.75) is 44.6 Å². The zero-order valence-corrected chi connectivity index (χ0v) is 19.0. The van der Waals surface area contributed by atoms with Crippen molar-refractivity contribution in [1.29, 1.82) is 0 Å². The second kappa shape index (κ2) is 15.1. The summed E-state index contributed by atoms with van der Waals surface area (Å²) in [5, 5.41) is 23.6. The Labute approximate surface area is 197 Å². The molecule has 1 aliphatic rings. The van der Waals surface area contributed by atoms with Gasteiger partial charge in [-0.2, -0.15) is 0 Å². The van der Waals surface area contributed by atoms with Gasteiger partial charge < -0.3 is 20.6 Å². The predicted octanol–water partition coefficient (Wildman–Crippen LogP) is 0.183. The number of aromatic nitrogens is 4. The minimum Gasteiger partial charge on any atom is -0.483 e. The third kappa shape index (κ3) is 9.76. The fourth-order valence-electron chi connectivity index (χ4n) is 3.65. The summed E-state index contributed by atoms with van der Waals surface area (Å²) in [5.41, 5.74) is 1.16. The molecule has 0 bridgehead atoms. The highest BCUT2D eigenvalue weighted by molar-refractivity contribution is 5.84. The van der Waals surface area contributed by atoms with Gasteiger partial charge in [0.25, 0.3) is 6.47 Å². The van der Waals surface area contributed by atoms with E-state index < -0.39 is 0 Å². The predicted molar refractivity (Wildman–Crippen MR) is 121 cm³/mol. The Hall–Kier alpha value is -3.83. The van der Waals surface area contributed by atoms with Crippen molar-refractivity contribution < 1.29 is 24.3 Å². The molecule has 2 aromatic rings. The fraction of sp³-hybridized carbons (Fsp3) is 0.500. The van der Waals surface area contributed by atoms with Gasteiger partial charge in [0, 0.05) is 32.5 Å². The number of tetrazole rings is 1. The van der Waals surface area contributed by atoms with Crippen LogP contribution in [0.1, 0.15) is 43.6 Å². The van der Waals surface area contributed by atoms with E-state index in [2.05, 4.69) is 38.3 Å². The van der Waals surface area contributed by atoms with Gasteiger partial charge in [0.05, 0.1) is 13.1 Å². The van der Waals surface area contributed by atoms with Crippen molar-refractivity contribution in [1.82, 2.24) is 35.7 Å². The molecule has 12 nitrogen and oxygen atoms in total. The summed E-state index contributed by atoms with van der Waals surface area (Å²) in [5.74, 6) is -0.127. The maximum Gasteiger partial charge on any atom is 0.290 e. The Balaban J connectivity index is 0.00000129. The quantitative estimate of drug-likeness (QED) is 0.530. The molecule has 3 N–H and O–H groups in total. The van der Waals surface area contributed by atoms with E-state index in [1.807, 2.05) is 18.2 Å². The summed E-state index contributed by atoms with van der Waals surface area (Å²) >= 11 is 0. The van der Waals surface area contributed by atoms with Gasteiger partial charge in [0.2, 0.25) is 17.7 Å². The summed E-state index contributed by atoms with van der Waals surface area (Å²) in [6.45, 7) is 1.45. The van der Waals surface area contributed by atoms with Crippen molar-refractivity contribution in [2.75, 3.05) is 26.2 Å². The first-order valence-corrected chi connectivity index (χ1v) is 11.2. The highest BCUT2D eigenvalue weighted by Crippen LogP contribution is 2.24. The summed E-state index contributed by atoms with van der Waals surface area (Å²) < 4.78 is 1.48. The van der Waals surface area contributed by atoms with Gasteiger partial charge in [0.15, 0.2) is 0 Å². The molecule has 1 saturated heterocycles. The zero-order valence-electron chi connectivity index (χ0n) is 19.0. The number of carbonyl (C=O) groups is 4. The molecular weight excluding hydrogens is 442 g/mol. The van der Waals surface area contributed by atoms with Crippen molar-refractivity contribution in [3.8, 4) is 0 Å². The standard InChI is InChI=1S/C21H29N7O3.CH2O2/c29-19-8-7-18(17-5-2-1-3-6-17)9-12-23-20(30)15-27(13-4-11-22-19)21(31)10-14-28-16-24-25-26-28;2-1-3/h1-3,5-6,16,18H,4,7-15H2,(H,22,29)(H,23,30);1H,(H,2,3). The first-order chi connectivity index (χ1) is 16.5. The van der Waals surface area contributed by atoms with Gasteiger partial charge in [-0.25, -0.2) is 4.68 Å². The van der Waals surface area contributed by atoms with Crippen LogP contribution in [0.4, 0.5) is 0 Å². The van der Waals surface area contributed by atoms with E-state index in [9.17, 15) is 14.4 Å². The lowest BCUT2D eigenvalue weighted by molar-refractivity contribution is -0.136. The first kappa shape index (κ1) is 26.4. The van der Waals surface area contributed by atoms with Crippen LogP contribution in [0.2, 0.25) is 0 Å². The van der Waals surface area contributed by atoms with Crippen molar-refractivity contribution in [2.24, 2.45) is 0 Å². The topological polar surface area (TPSA) is 159 Å². The minimum atomic E-state index is -0.250. The Bertz CT molecular complexity index is 892. The van der Waals surface area contributed by atoms with E-state index in [0.29, 0.717) is 39.0 Å². The van der Waals surface area contributed by atoms with Crippen LogP contribution in [0, 0.1) is 0 Å². The van der Waals surface area contributed by atoms with Crippen LogP contribution in [-0.2, 0) is 25.7 Å². The Morgan fingerprint density at radius 3 is 2.56 bits per heavy atom. The molecule has 2 heterocycles. The van der Waals surface area contributed by atoms with Gasteiger partial charge in [0.1, 0.15) is 6.33 Å². The SMILES string of the molecule is O=C1CCC(c2ccccc2)CCNC(=O)CN(C(=O)CCn2cnnn2)CCCN1.O=CO. The number of rotatable bonds is 4. The van der Waals surface area contributed by atoms with Crippen molar-refractivity contribution in [3.63, 3.8) is 0 Å². The molecule has 12 heteroatoms. The fourth-order valence-corrected chi connectivity index (χ4v) is 3.65. The summed E-state index contributed by atoms with van der Waals surface area (Å²) in [4.78, 5) is 47.3. The van der Waals surface area contributed by atoms with Crippen LogP contribution in [0.15, 0.2) is 36.7 Å². The van der Waals surface area contributed by atoms with Crippen LogP contribution < -0.4 is 10.6 Å². The van der Waals surface area contributed by atoms with Crippen LogP contribution in [0.25, 0.3) is 0 Å². The van der Waals surface area contributed by atoms with Gasteiger partial charge in [-0.3, -0.25) is 19.2 Å². The number of benzene rings is 1. The molecule has 0 spiro atoms. The smallest absolute Gasteiger partial charge is 0.290 e. The maximum atomic E-state index is 12.7. The molecule has 3 rings (SSSR count). The van der Waals surface area contributed by atoms with E-state index in [1.54, 1.807) is 0 Å². The van der Waals surface area contributed by atoms with Gasteiger partial charge in [-0.1, -0.05) is 30.3 Å². The van der Waals surface area contributed by atoms with Crippen LogP contribution in [0.5, 0.6) is 0 Å². The molecule has 1 aromatic heterocycles. The number of hydrogen-bond acceptors (Lipinski definition) is 7. The summed E-state index contributed by atoms with van der Waals surface area (Å²) in [6, 6.07) is 10.0. The molecule has 1 fully saturated rings. The summed E-state index contributed by atoms with van der Waals surface area (Å²) in [6.07, 6.45) is 4.12. The van der Waals surface area contributed by atoms with Crippen molar-refractivity contribution in [3.05, 3.63) is 42.2 Å². The second-order valence-corrected chi connectivity index (χ2v) is 7.73. The Morgan fingerprint density at radius 1 is 1.12 bits per heavy atom. The number of nitrogens with one attached hydrogen (secondary N) is 2. The number of aryl methyl sites for hydroxylation is 1. The van der Waals surface area contributed by atoms with Crippen molar-refractivity contribution >= 4 is 24.2 Å². The third-order valence-corrected chi connectivity index (χ3v) is 5.37. The molecule has 1 atom stereocenters. The lowest BCUT2D eigenvalue weighted by atomic mass is 9.91. The largest absolute Gasteiger partial charge is 0.483 e. The minimum absolute atomic E-state index is 0.00160. The average Bonchev–Trinajstić information content (AvgIpc) is 3.36. The highest BCUT2D eigenvalue weighted by atomic mass is 16.3. The van der Waals surface area contributed by atoms with E-state index in [-0.39, 0.29) is 43.1 Å². The highest BCUT2D eigenvalue weighted by Gasteiger charge is 2.19. The average molecular weight is 474 g/mol. The monoisotopic (exact) mass is 473 g/mol. The number of carboxylic acid groups (broad SMARTS) is 1. The molecule has 3 amide bonds. The molecule has 1 aromatic carbocycles. The van der Waals surface area contributed by atoms with Gasteiger partial charge >= 0.3 is 0 Å². The third-order valence-electron chi connectivity index (χ3n) is 5.37. The van der Waals surface area contributed by atoms with E-state index in [0.717, 1.165) is 18.4 Å². The maximum absolute atomic E-state index is 12.7. The van der Waals surface area contributed by atoms with Gasteiger partial charge in [-0.05, 0) is 41.2 Å². The Kier molecular flexibility index (Phi) is 11.7. The van der Waals surface area contributed by atoms with E-state index in [1.165, 1.54) is 15.9 Å². The van der Waals surface area contributed by atoms with Crippen LogP contribution >= 0.6 is 0 Å². The molecular formula is C22H31N7O5. The van der Waals surface area contributed by atoms with Crippen LogP contribution in [-0.4, -0.2) is 80.6 Å². The lowest BCUT2D eigenvalue weighted by Crippen LogP contribution is -2.42. The lowest BCUT2D eigenvalue weighted by Gasteiger charge is -2.24. The molecule has 0 aliphatic carbocycles. The molecule has 1 aliphatic heterocycles. The molecule has 0 saturated carbocycles. The number of carbonyl (C=O) groups excluding carboxylic acids is 3. The first-order valence-electron chi connectivity index (χ1n) is 11.2. The zero-order chi connectivity index (χ0) is 24.6. The molecule has 1 unspecified atom stereocenters. The normalized spacial score (nSPS) is 17.9. The van der Waals surface area contributed by atoms with E-state index in [4.69, 9.17) is 9.90 Å². The Morgan fingerprint density at radius 2 is 1.85 bits per heavy atom.